The maximum absolute atomic E-state index is 13.0. The summed E-state index contributed by atoms with van der Waals surface area (Å²) in [6.45, 7) is 4.06. The third-order valence-electron chi connectivity index (χ3n) is 2.26. The van der Waals surface area contributed by atoms with Gasteiger partial charge in [0, 0.05) is 0 Å². The van der Waals surface area contributed by atoms with Crippen molar-refractivity contribution in [1.29, 1.82) is 0 Å². The van der Waals surface area contributed by atoms with Crippen LogP contribution in [0.1, 0.15) is 33.1 Å². The summed E-state index contributed by atoms with van der Waals surface area (Å²) in [4.78, 5) is 0. The van der Waals surface area contributed by atoms with Gasteiger partial charge in [0.2, 0.25) is 0 Å². The Hall–Kier alpha value is -0.0700. The van der Waals surface area contributed by atoms with Crippen LogP contribution in [-0.2, 0) is 0 Å². The molecule has 9 heavy (non-hydrogen) atoms. The van der Waals surface area contributed by atoms with Gasteiger partial charge in [-0.1, -0.05) is 20.3 Å². The van der Waals surface area contributed by atoms with E-state index in [1.165, 1.54) is 0 Å². The lowest BCUT2D eigenvalue weighted by molar-refractivity contribution is 0.208. The van der Waals surface area contributed by atoms with Crippen LogP contribution in [0.4, 0.5) is 4.39 Å². The Labute approximate surface area is 56.5 Å². The average molecular weight is 130 g/mol. The molecular weight excluding hydrogens is 115 g/mol. The molecular formula is C8H15F. The van der Waals surface area contributed by atoms with Crippen LogP contribution in [0.25, 0.3) is 0 Å². The Morgan fingerprint density at radius 2 is 2.11 bits per heavy atom. The van der Waals surface area contributed by atoms with Crippen molar-refractivity contribution < 1.29 is 4.39 Å². The fourth-order valence-corrected chi connectivity index (χ4v) is 1.10. The molecule has 0 heterocycles. The van der Waals surface area contributed by atoms with Crippen LogP contribution in [0.3, 0.4) is 0 Å². The first kappa shape index (κ1) is 7.04. The zero-order chi connectivity index (χ0) is 6.85. The lowest BCUT2D eigenvalue weighted by atomic mass is 10.00. The Kier molecular flexibility index (Phi) is 2.09. The molecule has 0 spiro atoms. The second kappa shape index (κ2) is 2.68. The molecule has 0 bridgehead atoms. The smallest absolute Gasteiger partial charge is 0.105 e. The maximum Gasteiger partial charge on any atom is 0.105 e. The summed E-state index contributed by atoms with van der Waals surface area (Å²) < 4.78 is 13.0. The predicted molar refractivity (Wildman–Crippen MR) is 37.1 cm³/mol. The Bertz CT molecular complexity index is 86.6. The van der Waals surface area contributed by atoms with Gasteiger partial charge in [0.1, 0.15) is 6.17 Å². The first-order chi connectivity index (χ1) is 4.25. The number of rotatable bonds is 3. The van der Waals surface area contributed by atoms with Crippen molar-refractivity contribution in [2.45, 2.75) is 39.3 Å². The molecule has 0 aromatic rings. The van der Waals surface area contributed by atoms with E-state index in [0.717, 1.165) is 19.3 Å². The molecule has 1 aliphatic carbocycles. The van der Waals surface area contributed by atoms with Crippen molar-refractivity contribution in [2.75, 3.05) is 0 Å². The number of alkyl halides is 1. The van der Waals surface area contributed by atoms with Crippen LogP contribution in [0.2, 0.25) is 0 Å². The topological polar surface area (TPSA) is 0 Å². The van der Waals surface area contributed by atoms with E-state index in [2.05, 4.69) is 6.92 Å². The SMILES string of the molecule is CCC(C)C(F)C1CC1. The third kappa shape index (κ3) is 1.67. The van der Waals surface area contributed by atoms with Crippen LogP contribution < -0.4 is 0 Å². The van der Waals surface area contributed by atoms with Crippen LogP contribution in [0.5, 0.6) is 0 Å². The summed E-state index contributed by atoms with van der Waals surface area (Å²) in [7, 11) is 0. The van der Waals surface area contributed by atoms with Gasteiger partial charge in [-0.2, -0.15) is 0 Å². The summed E-state index contributed by atoms with van der Waals surface area (Å²) in [5.41, 5.74) is 0. The van der Waals surface area contributed by atoms with E-state index in [4.69, 9.17) is 0 Å². The molecule has 1 aliphatic rings. The van der Waals surface area contributed by atoms with Crippen molar-refractivity contribution in [1.82, 2.24) is 0 Å². The fraction of sp³-hybridized carbons (Fsp3) is 1.00. The van der Waals surface area contributed by atoms with Gasteiger partial charge < -0.3 is 0 Å². The first-order valence-corrected chi connectivity index (χ1v) is 3.89. The molecule has 0 amide bonds. The normalized spacial score (nSPS) is 25.7. The molecule has 2 atom stereocenters. The van der Waals surface area contributed by atoms with Crippen molar-refractivity contribution in [3.8, 4) is 0 Å². The molecule has 0 N–H and O–H groups in total. The fourth-order valence-electron chi connectivity index (χ4n) is 1.10. The lowest BCUT2D eigenvalue weighted by Gasteiger charge is -2.12. The molecule has 0 aromatic heterocycles. The molecule has 1 saturated carbocycles. The molecule has 0 aromatic carbocycles. The lowest BCUT2D eigenvalue weighted by Crippen LogP contribution is -2.13. The van der Waals surface area contributed by atoms with E-state index in [9.17, 15) is 4.39 Å². The van der Waals surface area contributed by atoms with Crippen molar-refractivity contribution >= 4 is 0 Å². The monoisotopic (exact) mass is 130 g/mol. The van der Waals surface area contributed by atoms with Crippen LogP contribution >= 0.6 is 0 Å². The number of halogens is 1. The van der Waals surface area contributed by atoms with Gasteiger partial charge in [-0.05, 0) is 24.7 Å². The highest BCUT2D eigenvalue weighted by atomic mass is 19.1. The molecule has 1 heteroatoms. The molecule has 2 unspecified atom stereocenters. The van der Waals surface area contributed by atoms with Crippen LogP contribution in [0.15, 0.2) is 0 Å². The first-order valence-electron chi connectivity index (χ1n) is 3.89. The molecule has 54 valence electrons. The predicted octanol–water partition coefficient (Wildman–Crippen LogP) is 2.78. The summed E-state index contributed by atoms with van der Waals surface area (Å²) >= 11 is 0. The van der Waals surface area contributed by atoms with Gasteiger partial charge in [0.05, 0.1) is 0 Å². The highest BCUT2D eigenvalue weighted by molar-refractivity contribution is 4.83. The minimum atomic E-state index is -0.505. The Balaban J connectivity index is 2.22. The van der Waals surface area contributed by atoms with Gasteiger partial charge >= 0.3 is 0 Å². The highest BCUT2D eigenvalue weighted by Gasteiger charge is 2.33. The van der Waals surface area contributed by atoms with E-state index < -0.39 is 6.17 Å². The van der Waals surface area contributed by atoms with Gasteiger partial charge in [0.25, 0.3) is 0 Å². The Morgan fingerprint density at radius 1 is 1.56 bits per heavy atom. The summed E-state index contributed by atoms with van der Waals surface area (Å²) in [6, 6.07) is 0. The number of hydrogen-bond acceptors (Lipinski definition) is 0. The molecule has 0 saturated heterocycles. The molecule has 0 radical (unpaired) electrons. The maximum atomic E-state index is 13.0. The largest absolute Gasteiger partial charge is 0.247 e. The molecule has 0 aliphatic heterocycles. The quantitative estimate of drug-likeness (QED) is 0.551. The van der Waals surface area contributed by atoms with Gasteiger partial charge in [-0.15, -0.1) is 0 Å². The second-order valence-corrected chi connectivity index (χ2v) is 3.17. The number of hydrogen-bond donors (Lipinski definition) is 0. The van der Waals surface area contributed by atoms with E-state index in [1.807, 2.05) is 6.92 Å². The zero-order valence-electron chi connectivity index (χ0n) is 6.23. The molecule has 1 fully saturated rings. The summed E-state index contributed by atoms with van der Waals surface area (Å²) in [5, 5.41) is 0. The zero-order valence-corrected chi connectivity index (χ0v) is 6.23. The van der Waals surface area contributed by atoms with Crippen LogP contribution in [0, 0.1) is 11.8 Å². The van der Waals surface area contributed by atoms with Crippen molar-refractivity contribution in [2.24, 2.45) is 11.8 Å². The van der Waals surface area contributed by atoms with Gasteiger partial charge in [0.15, 0.2) is 0 Å². The third-order valence-corrected chi connectivity index (χ3v) is 2.26. The molecule has 0 nitrogen and oxygen atoms in total. The molecule has 1 rings (SSSR count). The summed E-state index contributed by atoms with van der Waals surface area (Å²) in [5.74, 6) is 0.720. The minimum Gasteiger partial charge on any atom is -0.247 e. The highest BCUT2D eigenvalue weighted by Crippen LogP contribution is 2.38. The summed E-state index contributed by atoms with van der Waals surface area (Å²) in [6.07, 6.45) is 2.74. The van der Waals surface area contributed by atoms with E-state index in [-0.39, 0.29) is 5.92 Å². The van der Waals surface area contributed by atoms with Gasteiger partial charge in [-0.25, -0.2) is 4.39 Å². The van der Waals surface area contributed by atoms with Crippen molar-refractivity contribution in [3.63, 3.8) is 0 Å². The van der Waals surface area contributed by atoms with Crippen molar-refractivity contribution in [3.05, 3.63) is 0 Å². The van der Waals surface area contributed by atoms with E-state index >= 15 is 0 Å². The minimum absolute atomic E-state index is 0.289. The van der Waals surface area contributed by atoms with E-state index in [0.29, 0.717) is 5.92 Å². The van der Waals surface area contributed by atoms with Crippen LogP contribution in [-0.4, -0.2) is 6.17 Å². The van der Waals surface area contributed by atoms with Gasteiger partial charge in [-0.3, -0.25) is 0 Å². The average Bonchev–Trinajstić information content (AvgIpc) is 2.66. The standard InChI is InChI=1S/C8H15F/c1-3-6(2)8(9)7-4-5-7/h6-8H,3-5H2,1-2H3. The second-order valence-electron chi connectivity index (χ2n) is 3.17. The van der Waals surface area contributed by atoms with E-state index in [1.54, 1.807) is 0 Å². The Morgan fingerprint density at radius 3 is 2.44 bits per heavy atom.